The molecule has 2 aromatic rings. The Morgan fingerprint density at radius 1 is 1.54 bits per heavy atom. The van der Waals surface area contributed by atoms with E-state index in [1.807, 2.05) is 18.5 Å². The molecule has 2 amide bonds. The van der Waals surface area contributed by atoms with Crippen LogP contribution in [-0.2, 0) is 7.05 Å². The number of nitrogens with zero attached hydrogens (tertiary/aromatic N) is 3. The summed E-state index contributed by atoms with van der Waals surface area (Å²) in [5, 5.41) is 22.6. The molecular weight excluding hydrogens is 326 g/mol. The maximum atomic E-state index is 12.1. The van der Waals surface area contributed by atoms with Crippen LogP contribution in [0.3, 0.4) is 0 Å². The summed E-state index contributed by atoms with van der Waals surface area (Å²) in [5.74, 6) is 0.601. The van der Waals surface area contributed by atoms with Gasteiger partial charge in [0.25, 0.3) is 0 Å². The Morgan fingerprint density at radius 3 is 3.08 bits per heavy atom. The maximum Gasteiger partial charge on any atom is 0.321 e. The number of amides is 2. The molecule has 0 unspecified atom stereocenters. The van der Waals surface area contributed by atoms with Gasteiger partial charge in [0.1, 0.15) is 5.69 Å². The smallest absolute Gasteiger partial charge is 0.321 e. The van der Waals surface area contributed by atoms with Gasteiger partial charge in [0.2, 0.25) is 0 Å². The Balaban J connectivity index is 1.34. The van der Waals surface area contributed by atoms with Crippen LogP contribution < -0.4 is 10.6 Å². The zero-order valence-corrected chi connectivity index (χ0v) is 14.1. The first-order valence-corrected chi connectivity index (χ1v) is 8.81. The number of allylic oxidation sites excluding steroid dienone is 1. The van der Waals surface area contributed by atoms with Crippen LogP contribution in [0.2, 0.25) is 0 Å². The number of anilines is 1. The van der Waals surface area contributed by atoms with E-state index in [1.165, 1.54) is 11.3 Å². The number of aliphatic hydroxyl groups is 1. The molecule has 0 aliphatic heterocycles. The van der Waals surface area contributed by atoms with Crippen molar-refractivity contribution in [3.8, 4) is 11.4 Å². The lowest BCUT2D eigenvalue weighted by Crippen LogP contribution is -2.46. The van der Waals surface area contributed by atoms with Crippen molar-refractivity contribution in [3.05, 3.63) is 29.8 Å². The third kappa shape index (κ3) is 2.71. The lowest BCUT2D eigenvalue weighted by molar-refractivity contribution is 0.0183. The molecule has 24 heavy (non-hydrogen) atoms. The number of rotatable bonds is 4. The Morgan fingerprint density at radius 2 is 2.42 bits per heavy atom. The number of carbonyl (C=O) groups is 1. The molecule has 0 radical (unpaired) electrons. The molecule has 0 saturated heterocycles. The fraction of sp³-hybridized carbons (Fsp3) is 0.438. The quantitative estimate of drug-likeness (QED) is 0.739. The number of hydrogen-bond acceptors (Lipinski definition) is 5. The molecule has 2 bridgehead atoms. The number of hydrogen-bond donors (Lipinski definition) is 3. The summed E-state index contributed by atoms with van der Waals surface area (Å²) in [6, 6.07) is 1.53. The second-order valence-electron chi connectivity index (χ2n) is 6.48. The first-order valence-electron chi connectivity index (χ1n) is 7.93. The highest BCUT2D eigenvalue weighted by Gasteiger charge is 2.47. The molecule has 126 valence electrons. The average Bonchev–Trinajstić information content (AvgIpc) is 3.29. The van der Waals surface area contributed by atoms with Crippen LogP contribution >= 0.6 is 11.3 Å². The van der Waals surface area contributed by atoms with E-state index in [4.69, 9.17) is 0 Å². The molecule has 3 N–H and O–H groups in total. The van der Waals surface area contributed by atoms with Crippen molar-refractivity contribution in [1.82, 2.24) is 20.1 Å². The minimum atomic E-state index is -0.820. The highest BCUT2D eigenvalue weighted by Crippen LogP contribution is 2.45. The molecule has 2 heterocycles. The summed E-state index contributed by atoms with van der Waals surface area (Å²) < 4.78 is 1.73. The SMILES string of the molecule is Cn1nccc1-c1csc(NC(=O)NC[C@@]2(O)C[C@H]3C=C[C@@H]2C3)n1. The van der Waals surface area contributed by atoms with Gasteiger partial charge in [-0.05, 0) is 24.8 Å². The van der Waals surface area contributed by atoms with Gasteiger partial charge in [0.05, 0.1) is 11.3 Å². The highest BCUT2D eigenvalue weighted by molar-refractivity contribution is 7.14. The van der Waals surface area contributed by atoms with Gasteiger partial charge in [0.15, 0.2) is 5.13 Å². The predicted octanol–water partition coefficient (Wildman–Crippen LogP) is 1.99. The van der Waals surface area contributed by atoms with Gasteiger partial charge in [-0.1, -0.05) is 12.2 Å². The van der Waals surface area contributed by atoms with Gasteiger partial charge in [0, 0.05) is 31.1 Å². The number of fused-ring (bicyclic) bond motifs is 2. The average molecular weight is 345 g/mol. The molecule has 8 heteroatoms. The van der Waals surface area contributed by atoms with E-state index in [1.54, 1.807) is 10.9 Å². The molecule has 1 saturated carbocycles. The summed E-state index contributed by atoms with van der Waals surface area (Å²) in [5.41, 5.74) is 0.842. The van der Waals surface area contributed by atoms with Crippen molar-refractivity contribution in [3.63, 3.8) is 0 Å². The van der Waals surface area contributed by atoms with Gasteiger partial charge >= 0.3 is 6.03 Å². The minimum absolute atomic E-state index is 0.152. The Labute approximate surface area is 143 Å². The number of nitrogens with one attached hydrogen (secondary N) is 2. The van der Waals surface area contributed by atoms with Gasteiger partial charge in [-0.2, -0.15) is 5.10 Å². The standard InChI is InChI=1S/C16H19N5O2S/c1-21-13(4-5-18-21)12-8-24-15(19-12)20-14(22)17-9-16(23)7-10-2-3-11(16)6-10/h2-5,8,10-11,23H,6-7,9H2,1H3,(H2,17,19,20,22)/t10-,11+,16-/m0/s1. The van der Waals surface area contributed by atoms with Crippen molar-refractivity contribution in [2.24, 2.45) is 18.9 Å². The third-order valence-electron chi connectivity index (χ3n) is 4.84. The zero-order chi connectivity index (χ0) is 16.7. The maximum absolute atomic E-state index is 12.1. The molecule has 2 aliphatic rings. The summed E-state index contributed by atoms with van der Waals surface area (Å²) in [7, 11) is 1.85. The van der Waals surface area contributed by atoms with E-state index in [2.05, 4.69) is 32.9 Å². The normalized spacial score (nSPS) is 27.6. The predicted molar refractivity (Wildman–Crippen MR) is 91.6 cm³/mol. The monoisotopic (exact) mass is 345 g/mol. The third-order valence-corrected chi connectivity index (χ3v) is 5.60. The van der Waals surface area contributed by atoms with Crippen molar-refractivity contribution < 1.29 is 9.90 Å². The van der Waals surface area contributed by atoms with E-state index < -0.39 is 5.60 Å². The van der Waals surface area contributed by atoms with Crippen molar-refractivity contribution in [2.45, 2.75) is 18.4 Å². The van der Waals surface area contributed by atoms with Crippen molar-refractivity contribution in [1.29, 1.82) is 0 Å². The molecule has 2 aromatic heterocycles. The van der Waals surface area contributed by atoms with Crippen LogP contribution in [-0.4, -0.2) is 38.0 Å². The van der Waals surface area contributed by atoms with Gasteiger partial charge in [-0.25, -0.2) is 9.78 Å². The first kappa shape index (κ1) is 15.3. The lowest BCUT2D eigenvalue weighted by Gasteiger charge is -2.29. The lowest BCUT2D eigenvalue weighted by atomic mass is 9.88. The van der Waals surface area contributed by atoms with Gasteiger partial charge < -0.3 is 10.4 Å². The molecule has 3 atom stereocenters. The summed E-state index contributed by atoms with van der Waals surface area (Å²) in [6.45, 7) is 0.254. The van der Waals surface area contributed by atoms with Gasteiger partial charge in [-0.3, -0.25) is 10.00 Å². The van der Waals surface area contributed by atoms with Gasteiger partial charge in [-0.15, -0.1) is 11.3 Å². The number of aryl methyl sites for hydroxylation is 1. The topological polar surface area (TPSA) is 92.1 Å². The number of carbonyl (C=O) groups excluding carboxylic acids is 1. The minimum Gasteiger partial charge on any atom is -0.387 e. The van der Waals surface area contributed by atoms with Crippen molar-refractivity contribution >= 4 is 22.5 Å². The number of aromatic nitrogens is 3. The molecular formula is C16H19N5O2S. The molecule has 7 nitrogen and oxygen atoms in total. The fourth-order valence-corrected chi connectivity index (χ4v) is 4.28. The van der Waals surface area contributed by atoms with E-state index in [0.29, 0.717) is 11.0 Å². The molecule has 0 aromatic carbocycles. The zero-order valence-electron chi connectivity index (χ0n) is 13.3. The van der Waals surface area contributed by atoms with E-state index in [9.17, 15) is 9.90 Å². The number of urea groups is 1. The second-order valence-corrected chi connectivity index (χ2v) is 7.34. The van der Waals surface area contributed by atoms with Crippen LogP contribution in [0.15, 0.2) is 29.8 Å². The second kappa shape index (κ2) is 5.71. The fourth-order valence-electron chi connectivity index (χ4n) is 3.58. The largest absolute Gasteiger partial charge is 0.387 e. The highest BCUT2D eigenvalue weighted by atomic mass is 32.1. The first-order chi connectivity index (χ1) is 11.5. The number of thiazole rings is 1. The molecule has 2 aliphatic carbocycles. The molecule has 4 rings (SSSR count). The van der Waals surface area contributed by atoms with Crippen LogP contribution in [0.4, 0.5) is 9.93 Å². The van der Waals surface area contributed by atoms with Crippen molar-refractivity contribution in [2.75, 3.05) is 11.9 Å². The summed E-state index contributed by atoms with van der Waals surface area (Å²) in [6.07, 6.45) is 7.64. The van der Waals surface area contributed by atoms with E-state index >= 15 is 0 Å². The summed E-state index contributed by atoms with van der Waals surface area (Å²) >= 11 is 1.36. The van der Waals surface area contributed by atoms with E-state index in [0.717, 1.165) is 24.2 Å². The molecule has 1 fully saturated rings. The Bertz CT molecular complexity index is 798. The Kier molecular flexibility index (Phi) is 3.65. The summed E-state index contributed by atoms with van der Waals surface area (Å²) in [4.78, 5) is 16.5. The molecule has 0 spiro atoms. The van der Waals surface area contributed by atoms with Crippen LogP contribution in [0, 0.1) is 11.8 Å². The van der Waals surface area contributed by atoms with E-state index in [-0.39, 0.29) is 18.5 Å². The van der Waals surface area contributed by atoms with Crippen LogP contribution in [0.5, 0.6) is 0 Å². The van der Waals surface area contributed by atoms with Crippen LogP contribution in [0.1, 0.15) is 12.8 Å². The Hall–Kier alpha value is -2.19. The van der Waals surface area contributed by atoms with Crippen LogP contribution in [0.25, 0.3) is 11.4 Å².